The zero-order chi connectivity index (χ0) is 20.4. The molecule has 6 nitrogen and oxygen atoms in total. The molecule has 1 aliphatic heterocycles. The molecule has 0 saturated heterocycles. The fourth-order valence-electron chi connectivity index (χ4n) is 2.90. The molecule has 0 bridgehead atoms. The highest BCUT2D eigenvalue weighted by Crippen LogP contribution is 2.25. The molecule has 0 fully saturated rings. The van der Waals surface area contributed by atoms with Crippen LogP contribution in [0.5, 0.6) is 0 Å². The molecule has 0 saturated carbocycles. The normalized spacial score (nSPS) is 18.4. The van der Waals surface area contributed by atoms with Crippen LogP contribution >= 0.6 is 27.5 Å². The monoisotopic (exact) mass is 438 g/mol. The minimum atomic E-state index is -0.521. The Kier molecular flexibility index (Phi) is 4.98. The highest BCUT2D eigenvalue weighted by atomic mass is 79.9. The van der Waals surface area contributed by atoms with Crippen LogP contribution in [0.25, 0.3) is 0 Å². The van der Waals surface area contributed by atoms with Gasteiger partial charge in [-0.3, -0.25) is 9.59 Å². The van der Waals surface area contributed by atoms with E-state index in [1.165, 1.54) is 11.1 Å². The molecule has 1 aromatic carbocycles. The summed E-state index contributed by atoms with van der Waals surface area (Å²) in [6.07, 6.45) is 1.47. The summed E-state index contributed by atoms with van der Waals surface area (Å²) >= 11 is 9.19. The number of aromatic nitrogens is 2. The van der Waals surface area contributed by atoms with E-state index in [2.05, 4.69) is 26.2 Å². The van der Waals surface area contributed by atoms with Gasteiger partial charge in [0.1, 0.15) is 11.5 Å². The van der Waals surface area contributed by atoms with E-state index in [9.17, 15) is 9.59 Å². The lowest BCUT2D eigenvalue weighted by atomic mass is 10.2. The zero-order valence-electron chi connectivity index (χ0n) is 16.0. The van der Waals surface area contributed by atoms with Gasteiger partial charge in [0.2, 0.25) is 5.91 Å². The van der Waals surface area contributed by atoms with Crippen molar-refractivity contribution in [2.45, 2.75) is 19.5 Å². The smallest absolute Gasteiger partial charge is 0.273 e. The van der Waals surface area contributed by atoms with E-state index in [1.54, 1.807) is 28.8 Å². The van der Waals surface area contributed by atoms with Gasteiger partial charge in [0.05, 0.1) is 32.2 Å². The Morgan fingerprint density at radius 2 is 2.27 bits per heavy atom. The summed E-state index contributed by atoms with van der Waals surface area (Å²) in [5.41, 5.74) is 0.879. The first-order valence-electron chi connectivity index (χ1n) is 8.97. The molecule has 136 valence electrons. The third kappa shape index (κ3) is 3.83. The van der Waals surface area contributed by atoms with Crippen LogP contribution in [0.2, 0.25) is 5.02 Å². The number of nitrogens with one attached hydrogen (secondary N) is 1. The minimum Gasteiger partial charge on any atom is -0.330 e. The number of amides is 2. The summed E-state index contributed by atoms with van der Waals surface area (Å²) in [7, 11) is 0. The van der Waals surface area contributed by atoms with Gasteiger partial charge < -0.3 is 14.8 Å². The number of para-hydroxylation sites is 1. The predicted molar refractivity (Wildman–Crippen MR) is 105 cm³/mol. The van der Waals surface area contributed by atoms with Crippen LogP contribution in [0, 0.1) is 0 Å². The summed E-state index contributed by atoms with van der Waals surface area (Å²) in [5.74, 6) is -0.311. The summed E-state index contributed by atoms with van der Waals surface area (Å²) in [4.78, 5) is 31.0. The molecule has 2 heterocycles. The summed E-state index contributed by atoms with van der Waals surface area (Å²) < 4.78 is 17.3. The van der Waals surface area contributed by atoms with Crippen LogP contribution in [-0.4, -0.2) is 38.1 Å². The molecule has 1 aromatic heterocycles. The molecule has 26 heavy (non-hydrogen) atoms. The maximum atomic E-state index is 12.7. The highest BCUT2D eigenvalue weighted by Gasteiger charge is 2.29. The first-order valence-corrected chi connectivity index (χ1v) is 9.47. The summed E-state index contributed by atoms with van der Waals surface area (Å²) in [6.45, 7) is 2.35. The number of alkyl halides is 1. The lowest BCUT2D eigenvalue weighted by Crippen LogP contribution is -2.40. The SMILES string of the molecule is [2H]/C(CBr)=C(/[2H])C(=O)N1Cc2ncc(C(=O)Nc3ccccc3Cl)n2[C@@H](C)C1. The molecule has 2 aromatic rings. The van der Waals surface area contributed by atoms with Crippen LogP contribution < -0.4 is 5.32 Å². The molecular weight excluding hydrogens is 420 g/mol. The van der Waals surface area contributed by atoms with Crippen molar-refractivity contribution in [3.8, 4) is 0 Å². The van der Waals surface area contributed by atoms with Crippen LogP contribution in [0.3, 0.4) is 0 Å². The van der Waals surface area contributed by atoms with Gasteiger partial charge in [0.25, 0.3) is 5.91 Å². The van der Waals surface area contributed by atoms with Crippen LogP contribution in [-0.2, 0) is 11.3 Å². The Bertz CT molecular complexity index is 963. The number of halogens is 2. The Hall–Kier alpha value is -2.12. The standard InChI is InChI=1S/C18H18BrClN4O2/c1-12-10-23(17(25)7-4-8-19)11-16-21-9-15(24(12)16)18(26)22-14-6-3-2-5-13(14)20/h2-7,9,12H,8,10-11H2,1H3,(H,22,26)/b7-4+/t12-/m0/s1/i4D,7D. The van der Waals surface area contributed by atoms with Crippen molar-refractivity contribution >= 4 is 45.0 Å². The first kappa shape index (κ1) is 16.1. The molecule has 1 atom stereocenters. The van der Waals surface area contributed by atoms with Gasteiger partial charge in [-0.25, -0.2) is 4.98 Å². The third-order valence-electron chi connectivity index (χ3n) is 4.04. The second-order valence-electron chi connectivity index (χ2n) is 5.83. The number of anilines is 1. The molecule has 0 aliphatic carbocycles. The Morgan fingerprint density at radius 1 is 1.50 bits per heavy atom. The van der Waals surface area contributed by atoms with Crippen molar-refractivity contribution in [3.63, 3.8) is 0 Å². The summed E-state index contributed by atoms with van der Waals surface area (Å²) in [5, 5.41) is 3.36. The van der Waals surface area contributed by atoms with Crippen LogP contribution in [0.15, 0.2) is 42.6 Å². The number of carbonyl (C=O) groups is 2. The maximum Gasteiger partial charge on any atom is 0.273 e. The fraction of sp³-hybridized carbons (Fsp3) is 0.278. The largest absolute Gasteiger partial charge is 0.330 e. The van der Waals surface area contributed by atoms with Crippen LogP contribution in [0.4, 0.5) is 5.69 Å². The molecule has 1 N–H and O–H groups in total. The van der Waals surface area contributed by atoms with Crippen molar-refractivity contribution in [1.82, 2.24) is 14.5 Å². The van der Waals surface area contributed by atoms with Crippen LogP contribution in [0.1, 0.15) is 32.0 Å². The Balaban J connectivity index is 1.83. The third-order valence-corrected chi connectivity index (χ3v) is 4.65. The lowest BCUT2D eigenvalue weighted by molar-refractivity contribution is -0.127. The first-order chi connectivity index (χ1) is 13.3. The van der Waals surface area contributed by atoms with Crippen molar-refractivity contribution in [3.05, 3.63) is 59.1 Å². The Labute approximate surface area is 167 Å². The predicted octanol–water partition coefficient (Wildman–Crippen LogP) is 3.64. The van der Waals surface area contributed by atoms with E-state index >= 15 is 0 Å². The van der Waals surface area contributed by atoms with E-state index in [0.29, 0.717) is 28.8 Å². The van der Waals surface area contributed by atoms with E-state index in [0.717, 1.165) is 0 Å². The van der Waals surface area contributed by atoms with Crippen molar-refractivity contribution in [2.75, 3.05) is 17.2 Å². The number of carbonyl (C=O) groups excluding carboxylic acids is 2. The van der Waals surface area contributed by atoms with Crippen molar-refractivity contribution < 1.29 is 12.3 Å². The van der Waals surface area contributed by atoms with Gasteiger partial charge in [-0.15, -0.1) is 0 Å². The molecule has 1 aliphatic rings. The quantitative estimate of drug-likeness (QED) is 0.584. The number of hydrogen-bond donors (Lipinski definition) is 1. The van der Waals surface area contributed by atoms with Gasteiger partial charge in [-0.1, -0.05) is 45.7 Å². The average molecular weight is 440 g/mol. The van der Waals surface area contributed by atoms with E-state index in [-0.39, 0.29) is 35.9 Å². The molecule has 3 rings (SSSR count). The number of fused-ring (bicyclic) bond motifs is 1. The molecular formula is C18H18BrClN4O2. The fourth-order valence-corrected chi connectivity index (χ4v) is 3.23. The summed E-state index contributed by atoms with van der Waals surface area (Å²) in [6, 6.07) is 6.31. The second kappa shape index (κ2) is 8.05. The number of rotatable bonds is 4. The van der Waals surface area contributed by atoms with Crippen molar-refractivity contribution in [2.24, 2.45) is 0 Å². The zero-order valence-corrected chi connectivity index (χ0v) is 16.3. The topological polar surface area (TPSA) is 67.2 Å². The lowest BCUT2D eigenvalue weighted by Gasteiger charge is -2.32. The minimum absolute atomic E-state index is 0.0774. The molecule has 0 spiro atoms. The number of imidazole rings is 1. The van der Waals surface area contributed by atoms with E-state index in [1.807, 2.05) is 6.92 Å². The number of hydrogen-bond acceptors (Lipinski definition) is 3. The van der Waals surface area contributed by atoms with E-state index < -0.39 is 5.91 Å². The molecule has 2 amide bonds. The Morgan fingerprint density at radius 3 is 3.00 bits per heavy atom. The van der Waals surface area contributed by atoms with Gasteiger partial charge in [-0.2, -0.15) is 0 Å². The number of benzene rings is 1. The average Bonchev–Trinajstić information content (AvgIpc) is 3.12. The van der Waals surface area contributed by atoms with E-state index in [4.69, 9.17) is 14.3 Å². The number of allylic oxidation sites excluding steroid dienone is 1. The van der Waals surface area contributed by atoms with Gasteiger partial charge in [0.15, 0.2) is 0 Å². The van der Waals surface area contributed by atoms with Gasteiger partial charge >= 0.3 is 0 Å². The molecule has 8 heteroatoms. The molecule has 0 unspecified atom stereocenters. The molecule has 0 radical (unpaired) electrons. The number of nitrogens with zero attached hydrogens (tertiary/aromatic N) is 3. The van der Waals surface area contributed by atoms with Gasteiger partial charge in [-0.05, 0) is 25.1 Å². The second-order valence-corrected chi connectivity index (χ2v) is 6.80. The maximum absolute atomic E-state index is 12.7. The van der Waals surface area contributed by atoms with Gasteiger partial charge in [0, 0.05) is 11.9 Å². The van der Waals surface area contributed by atoms with Crippen molar-refractivity contribution in [1.29, 1.82) is 0 Å². The highest BCUT2D eigenvalue weighted by molar-refractivity contribution is 9.09.